The third kappa shape index (κ3) is 5.67. The van der Waals surface area contributed by atoms with Crippen LogP contribution in [0.3, 0.4) is 0 Å². The van der Waals surface area contributed by atoms with Crippen molar-refractivity contribution in [3.63, 3.8) is 0 Å². The summed E-state index contributed by atoms with van der Waals surface area (Å²) in [5.41, 5.74) is 1.16. The van der Waals surface area contributed by atoms with Crippen molar-refractivity contribution in [1.29, 1.82) is 0 Å². The van der Waals surface area contributed by atoms with Gasteiger partial charge < -0.3 is 14.1 Å². The van der Waals surface area contributed by atoms with E-state index in [9.17, 15) is 22.4 Å². The van der Waals surface area contributed by atoms with E-state index in [1.807, 2.05) is 0 Å². The second kappa shape index (κ2) is 8.93. The summed E-state index contributed by atoms with van der Waals surface area (Å²) in [6.45, 7) is 2.27. The summed E-state index contributed by atoms with van der Waals surface area (Å²) in [4.78, 5) is 24.2. The number of carbonyl (C=O) groups is 2. The number of nitrogens with one attached hydrogen (secondary N) is 1. The zero-order valence-electron chi connectivity index (χ0n) is 17.7. The van der Waals surface area contributed by atoms with E-state index in [2.05, 4.69) is 5.32 Å². The second-order valence-electron chi connectivity index (χ2n) is 8.53. The number of urea groups is 1. The fourth-order valence-corrected chi connectivity index (χ4v) is 5.33. The number of amides is 3. The van der Waals surface area contributed by atoms with Crippen LogP contribution in [0.15, 0.2) is 34.9 Å². The lowest BCUT2D eigenvalue weighted by Gasteiger charge is -2.14. The average Bonchev–Trinajstić information content (AvgIpc) is 3.36. The van der Waals surface area contributed by atoms with Crippen molar-refractivity contribution < 1.29 is 31.6 Å². The van der Waals surface area contributed by atoms with Gasteiger partial charge in [0.2, 0.25) is 5.91 Å². The lowest BCUT2D eigenvalue weighted by molar-refractivity contribution is -0.118. The average molecular weight is 465 g/mol. The van der Waals surface area contributed by atoms with Gasteiger partial charge in [0.1, 0.15) is 12.3 Å². The number of sulfone groups is 1. The van der Waals surface area contributed by atoms with Crippen LogP contribution in [-0.4, -0.2) is 44.2 Å². The maximum absolute atomic E-state index is 14.0. The van der Waals surface area contributed by atoms with Crippen LogP contribution in [0.5, 0.6) is 5.75 Å². The van der Waals surface area contributed by atoms with Crippen molar-refractivity contribution in [2.24, 2.45) is 5.92 Å². The number of hydrogen-bond donors (Lipinski definition) is 1. The van der Waals surface area contributed by atoms with E-state index in [0.717, 1.165) is 12.8 Å². The molecule has 2 heterocycles. The van der Waals surface area contributed by atoms with Crippen molar-refractivity contribution in [1.82, 2.24) is 10.2 Å². The molecule has 1 aliphatic carbocycles. The van der Waals surface area contributed by atoms with Gasteiger partial charge in [0.25, 0.3) is 0 Å². The van der Waals surface area contributed by atoms with Crippen LogP contribution >= 0.6 is 0 Å². The Bertz CT molecular complexity index is 1130. The van der Waals surface area contributed by atoms with Crippen LogP contribution in [0.25, 0.3) is 0 Å². The van der Waals surface area contributed by atoms with E-state index >= 15 is 0 Å². The Morgan fingerprint density at radius 1 is 1.28 bits per heavy atom. The van der Waals surface area contributed by atoms with E-state index in [4.69, 9.17) is 9.15 Å². The highest BCUT2D eigenvalue weighted by Gasteiger charge is 2.28. The first-order valence-electron chi connectivity index (χ1n) is 10.5. The van der Waals surface area contributed by atoms with Crippen molar-refractivity contribution in [2.45, 2.75) is 38.0 Å². The fraction of sp³-hybridized carbons (Fsp3) is 0.455. The molecule has 1 atom stereocenters. The molecular formula is C22H25FN2O6S. The standard InChI is InChI=1S/C22H25FN2O6S/c1-14(17-4-5-19(23)20(7-17)31-10-15-2-3-15)12-32(28,29)13-16-6-18(30-11-16)8-25-9-21(26)24-22(25)27/h4-7,11,14-15H,2-3,8-10,12-13H2,1H3,(H,24,26,27)/t14-/m0/s1. The Kier molecular flexibility index (Phi) is 6.23. The molecule has 1 aromatic heterocycles. The van der Waals surface area contributed by atoms with Gasteiger partial charge in [-0.2, -0.15) is 0 Å². The SMILES string of the molecule is C[C@@H](CS(=O)(=O)Cc1coc(CN2CC(=O)NC2=O)c1)c1ccc(F)c(OCC2CC2)c1. The van der Waals surface area contributed by atoms with Crippen LogP contribution in [0.1, 0.15) is 42.6 Å². The van der Waals surface area contributed by atoms with Gasteiger partial charge in [-0.1, -0.05) is 13.0 Å². The Balaban J connectivity index is 1.36. The van der Waals surface area contributed by atoms with Gasteiger partial charge in [0.15, 0.2) is 21.4 Å². The number of imide groups is 1. The molecule has 0 radical (unpaired) electrons. The number of ether oxygens (including phenoxy) is 1. The maximum atomic E-state index is 14.0. The zero-order chi connectivity index (χ0) is 22.9. The molecule has 1 aromatic carbocycles. The summed E-state index contributed by atoms with van der Waals surface area (Å²) in [5, 5.41) is 2.17. The fourth-order valence-electron chi connectivity index (χ4n) is 3.60. The van der Waals surface area contributed by atoms with Crippen molar-refractivity contribution in [3.05, 3.63) is 53.2 Å². The van der Waals surface area contributed by atoms with Crippen LogP contribution in [-0.2, 0) is 26.9 Å². The summed E-state index contributed by atoms with van der Waals surface area (Å²) in [7, 11) is -3.50. The normalized spacial score (nSPS) is 17.5. The topological polar surface area (TPSA) is 106 Å². The maximum Gasteiger partial charge on any atom is 0.324 e. The van der Waals surface area contributed by atoms with Gasteiger partial charge in [0.05, 0.1) is 30.9 Å². The summed E-state index contributed by atoms with van der Waals surface area (Å²) in [6.07, 6.45) is 3.53. The Morgan fingerprint density at radius 2 is 2.06 bits per heavy atom. The largest absolute Gasteiger partial charge is 0.490 e. The van der Waals surface area contributed by atoms with E-state index < -0.39 is 21.7 Å². The van der Waals surface area contributed by atoms with Crippen molar-refractivity contribution >= 4 is 21.8 Å². The number of hydrogen-bond acceptors (Lipinski definition) is 6. The van der Waals surface area contributed by atoms with E-state index in [1.165, 1.54) is 17.2 Å². The lowest BCUT2D eigenvalue weighted by atomic mass is 10.0. The van der Waals surface area contributed by atoms with Crippen LogP contribution in [0.4, 0.5) is 9.18 Å². The zero-order valence-corrected chi connectivity index (χ0v) is 18.5. The van der Waals surface area contributed by atoms with Crippen molar-refractivity contribution in [3.8, 4) is 5.75 Å². The van der Waals surface area contributed by atoms with E-state index in [-0.39, 0.29) is 42.2 Å². The highest BCUT2D eigenvalue weighted by atomic mass is 32.2. The molecule has 3 amide bonds. The molecule has 0 spiro atoms. The summed E-state index contributed by atoms with van der Waals surface area (Å²) >= 11 is 0. The molecule has 0 bridgehead atoms. The minimum absolute atomic E-state index is 0.0608. The Morgan fingerprint density at radius 3 is 2.75 bits per heavy atom. The number of carbonyl (C=O) groups excluding carboxylic acids is 2. The number of nitrogens with zero attached hydrogens (tertiary/aromatic N) is 1. The summed E-state index contributed by atoms with van der Waals surface area (Å²) in [6, 6.07) is 5.53. The number of benzene rings is 1. The lowest BCUT2D eigenvalue weighted by Crippen LogP contribution is -2.27. The third-order valence-corrected chi connectivity index (χ3v) is 7.29. The first-order valence-corrected chi connectivity index (χ1v) is 12.3. The monoisotopic (exact) mass is 464 g/mol. The predicted molar refractivity (Wildman–Crippen MR) is 113 cm³/mol. The summed E-state index contributed by atoms with van der Waals surface area (Å²) in [5.74, 6) is -0.510. The number of furan rings is 1. The smallest absolute Gasteiger partial charge is 0.324 e. The van der Waals surface area contributed by atoms with Gasteiger partial charge in [-0.15, -0.1) is 0 Å². The molecule has 1 saturated heterocycles. The molecule has 1 aliphatic heterocycles. The van der Waals surface area contributed by atoms with Gasteiger partial charge in [-0.3, -0.25) is 10.1 Å². The molecule has 32 heavy (non-hydrogen) atoms. The van der Waals surface area contributed by atoms with E-state index in [1.54, 1.807) is 25.1 Å². The molecule has 2 aliphatic rings. The molecule has 8 nitrogen and oxygen atoms in total. The Labute approximate surface area is 185 Å². The minimum atomic E-state index is -3.50. The molecular weight excluding hydrogens is 439 g/mol. The summed E-state index contributed by atoms with van der Waals surface area (Å²) < 4.78 is 50.4. The first kappa shape index (κ1) is 22.3. The molecule has 2 aromatic rings. The predicted octanol–water partition coefficient (Wildman–Crippen LogP) is 2.98. The van der Waals surface area contributed by atoms with Gasteiger partial charge in [-0.25, -0.2) is 17.6 Å². The highest BCUT2D eigenvalue weighted by molar-refractivity contribution is 7.90. The molecule has 2 fully saturated rings. The quantitative estimate of drug-likeness (QED) is 0.542. The highest BCUT2D eigenvalue weighted by Crippen LogP contribution is 2.31. The van der Waals surface area contributed by atoms with Crippen LogP contribution in [0, 0.1) is 11.7 Å². The minimum Gasteiger partial charge on any atom is -0.490 e. The van der Waals surface area contributed by atoms with Gasteiger partial charge >= 0.3 is 6.03 Å². The first-order chi connectivity index (χ1) is 15.2. The van der Waals surface area contributed by atoms with E-state index in [0.29, 0.717) is 29.4 Å². The number of halogens is 1. The molecule has 4 rings (SSSR count). The van der Waals surface area contributed by atoms with Crippen LogP contribution < -0.4 is 10.1 Å². The Hall–Kier alpha value is -2.88. The van der Waals surface area contributed by atoms with Gasteiger partial charge in [0, 0.05) is 5.56 Å². The molecule has 0 unspecified atom stereocenters. The van der Waals surface area contributed by atoms with Crippen molar-refractivity contribution in [2.75, 3.05) is 18.9 Å². The molecule has 10 heteroatoms. The number of rotatable bonds is 10. The molecule has 172 valence electrons. The van der Waals surface area contributed by atoms with Crippen LogP contribution in [0.2, 0.25) is 0 Å². The van der Waals surface area contributed by atoms with Gasteiger partial charge in [-0.05, 0) is 48.4 Å². The molecule has 1 N–H and O–H groups in total. The third-order valence-electron chi connectivity index (χ3n) is 5.51. The second-order valence-corrected chi connectivity index (χ2v) is 10.6. The molecule has 1 saturated carbocycles.